The first-order valence-corrected chi connectivity index (χ1v) is 13.0. The van der Waals surface area contributed by atoms with E-state index in [9.17, 15) is 19.5 Å². The highest BCUT2D eigenvalue weighted by molar-refractivity contribution is 5.99. The second-order valence-electron chi connectivity index (χ2n) is 10.6. The molecule has 0 aromatic heterocycles. The lowest BCUT2D eigenvalue weighted by Crippen LogP contribution is -2.57. The second-order valence-corrected chi connectivity index (χ2v) is 10.6. The zero-order valence-corrected chi connectivity index (χ0v) is 21.9. The molecule has 3 heterocycles. The zero-order valence-electron chi connectivity index (χ0n) is 21.9. The van der Waals surface area contributed by atoms with Crippen LogP contribution in [0.4, 0.5) is 0 Å². The van der Waals surface area contributed by atoms with E-state index in [1.165, 1.54) is 0 Å². The van der Waals surface area contributed by atoms with E-state index in [0.29, 0.717) is 32.5 Å². The quantitative estimate of drug-likeness (QED) is 0.317. The van der Waals surface area contributed by atoms with Crippen LogP contribution in [-0.4, -0.2) is 94.6 Å². The molecule has 1 spiro atoms. The Balaban J connectivity index is 2.06. The van der Waals surface area contributed by atoms with E-state index in [0.717, 1.165) is 19.3 Å². The second kappa shape index (κ2) is 10.8. The molecule has 3 saturated heterocycles. The molecule has 0 radical (unpaired) electrons. The standard InChI is InChI=1S/C27H43N3O5/c1-7-10-11-15-29(14-9-3)25(34)22-27-18-19(4)26(5,35-27)20(23(32)28(6)13-8-2)21(27)24(33)30(22)16-12-17-31/h8-9,19-22,31H,2-3,7,10-18H2,1,4-6H3/t19?,20-,21-,22?,26+,27?/m0/s1. The third-order valence-corrected chi connectivity index (χ3v) is 8.34. The third kappa shape index (κ3) is 4.44. The normalized spacial score (nSPS) is 33.1. The summed E-state index contributed by atoms with van der Waals surface area (Å²) < 4.78 is 6.74. The van der Waals surface area contributed by atoms with Gasteiger partial charge in [-0.15, -0.1) is 13.2 Å². The fourth-order valence-corrected chi connectivity index (χ4v) is 6.57. The number of amides is 3. The molecule has 3 aliphatic rings. The van der Waals surface area contributed by atoms with Crippen LogP contribution in [-0.2, 0) is 19.1 Å². The predicted octanol–water partition coefficient (Wildman–Crippen LogP) is 2.23. The Morgan fingerprint density at radius 2 is 1.89 bits per heavy atom. The number of likely N-dealkylation sites (N-methyl/N-ethyl adjacent to an activating group) is 1. The molecule has 196 valence electrons. The van der Waals surface area contributed by atoms with Crippen LogP contribution >= 0.6 is 0 Å². The summed E-state index contributed by atoms with van der Waals surface area (Å²) in [5.74, 6) is -1.92. The van der Waals surface area contributed by atoms with Gasteiger partial charge in [0.15, 0.2) is 0 Å². The number of aliphatic hydroxyl groups is 1. The Bertz CT molecular complexity index is 847. The highest BCUT2D eigenvalue weighted by Gasteiger charge is 2.80. The van der Waals surface area contributed by atoms with Gasteiger partial charge < -0.3 is 24.5 Å². The average Bonchev–Trinajstić information content (AvgIpc) is 3.33. The summed E-state index contributed by atoms with van der Waals surface area (Å²) in [6.07, 6.45) is 7.17. The first-order chi connectivity index (χ1) is 16.6. The first-order valence-electron chi connectivity index (χ1n) is 13.0. The fourth-order valence-electron chi connectivity index (χ4n) is 6.57. The van der Waals surface area contributed by atoms with Crippen LogP contribution in [0.2, 0.25) is 0 Å². The van der Waals surface area contributed by atoms with Gasteiger partial charge in [-0.3, -0.25) is 14.4 Å². The van der Waals surface area contributed by atoms with Gasteiger partial charge in [-0.2, -0.15) is 0 Å². The summed E-state index contributed by atoms with van der Waals surface area (Å²) in [5.41, 5.74) is -1.89. The number of fused-ring (bicyclic) bond motifs is 1. The Morgan fingerprint density at radius 3 is 2.49 bits per heavy atom. The molecule has 0 saturated carbocycles. The highest BCUT2D eigenvalue weighted by Crippen LogP contribution is 2.65. The van der Waals surface area contributed by atoms with Gasteiger partial charge in [-0.1, -0.05) is 38.8 Å². The van der Waals surface area contributed by atoms with E-state index in [4.69, 9.17) is 4.74 Å². The van der Waals surface area contributed by atoms with Crippen molar-refractivity contribution < 1.29 is 24.2 Å². The number of hydrogen-bond donors (Lipinski definition) is 1. The van der Waals surface area contributed by atoms with Gasteiger partial charge in [0.1, 0.15) is 11.6 Å². The summed E-state index contributed by atoms with van der Waals surface area (Å²) in [7, 11) is 1.71. The van der Waals surface area contributed by atoms with Crippen LogP contribution in [0.1, 0.15) is 52.9 Å². The fraction of sp³-hybridized carbons (Fsp3) is 0.741. The average molecular weight is 490 g/mol. The summed E-state index contributed by atoms with van der Waals surface area (Å²) >= 11 is 0. The van der Waals surface area contributed by atoms with Gasteiger partial charge in [0, 0.05) is 39.8 Å². The Hall–Kier alpha value is -2.19. The number of carbonyl (C=O) groups excluding carboxylic acids is 3. The maximum Gasteiger partial charge on any atom is 0.248 e. The van der Waals surface area contributed by atoms with Crippen molar-refractivity contribution in [1.29, 1.82) is 0 Å². The number of hydrogen-bond acceptors (Lipinski definition) is 5. The van der Waals surface area contributed by atoms with Crippen LogP contribution < -0.4 is 0 Å². The minimum absolute atomic E-state index is 0.00123. The van der Waals surface area contributed by atoms with Crippen LogP contribution in [0.15, 0.2) is 25.3 Å². The van der Waals surface area contributed by atoms with Crippen LogP contribution in [0.5, 0.6) is 0 Å². The van der Waals surface area contributed by atoms with Crippen molar-refractivity contribution in [2.45, 2.75) is 70.1 Å². The van der Waals surface area contributed by atoms with Crippen molar-refractivity contribution in [3.05, 3.63) is 25.3 Å². The molecule has 3 fully saturated rings. The molecule has 0 aliphatic carbocycles. The molecule has 8 nitrogen and oxygen atoms in total. The van der Waals surface area contributed by atoms with E-state index in [1.807, 2.05) is 13.8 Å². The maximum absolute atomic E-state index is 14.1. The minimum Gasteiger partial charge on any atom is -0.396 e. The molecular formula is C27H43N3O5. The lowest BCUT2D eigenvalue weighted by molar-refractivity contribution is -0.154. The van der Waals surface area contributed by atoms with Gasteiger partial charge in [0.05, 0.1) is 17.4 Å². The van der Waals surface area contributed by atoms with Crippen LogP contribution in [0, 0.1) is 17.8 Å². The van der Waals surface area contributed by atoms with Gasteiger partial charge in [0.25, 0.3) is 0 Å². The molecular weight excluding hydrogens is 446 g/mol. The smallest absolute Gasteiger partial charge is 0.248 e. The summed E-state index contributed by atoms with van der Waals surface area (Å²) in [6, 6.07) is -0.820. The van der Waals surface area contributed by atoms with E-state index in [-0.39, 0.29) is 36.8 Å². The van der Waals surface area contributed by atoms with Crippen molar-refractivity contribution >= 4 is 17.7 Å². The molecule has 35 heavy (non-hydrogen) atoms. The number of rotatable bonds is 13. The van der Waals surface area contributed by atoms with E-state index >= 15 is 0 Å². The molecule has 0 aromatic rings. The Kier molecular flexibility index (Phi) is 8.48. The summed E-state index contributed by atoms with van der Waals surface area (Å²) in [6.45, 7) is 15.1. The maximum atomic E-state index is 14.1. The molecule has 3 aliphatic heterocycles. The molecule has 3 unspecified atom stereocenters. The van der Waals surface area contributed by atoms with Crippen molar-refractivity contribution in [3.63, 3.8) is 0 Å². The number of unbranched alkanes of at least 4 members (excludes halogenated alkanes) is 2. The predicted molar refractivity (Wildman–Crippen MR) is 134 cm³/mol. The summed E-state index contributed by atoms with van der Waals surface area (Å²) in [5, 5.41) is 9.51. The third-order valence-electron chi connectivity index (χ3n) is 8.34. The van der Waals surface area contributed by atoms with Crippen LogP contribution in [0.25, 0.3) is 0 Å². The molecule has 3 rings (SSSR count). The lowest BCUT2D eigenvalue weighted by atomic mass is 9.62. The van der Waals surface area contributed by atoms with E-state index < -0.39 is 29.1 Å². The molecule has 2 bridgehead atoms. The number of nitrogens with zero attached hydrogens (tertiary/aromatic N) is 3. The topological polar surface area (TPSA) is 90.4 Å². The van der Waals surface area contributed by atoms with Crippen molar-refractivity contribution in [2.24, 2.45) is 17.8 Å². The molecule has 0 aromatic carbocycles. The van der Waals surface area contributed by atoms with Crippen molar-refractivity contribution in [2.75, 3.05) is 39.8 Å². The largest absolute Gasteiger partial charge is 0.396 e. The van der Waals surface area contributed by atoms with Gasteiger partial charge >= 0.3 is 0 Å². The Morgan fingerprint density at radius 1 is 1.20 bits per heavy atom. The Labute approximate surface area is 210 Å². The van der Waals surface area contributed by atoms with Crippen LogP contribution in [0.3, 0.4) is 0 Å². The van der Waals surface area contributed by atoms with Crippen molar-refractivity contribution in [1.82, 2.24) is 14.7 Å². The monoisotopic (exact) mass is 489 g/mol. The molecule has 6 atom stereocenters. The van der Waals surface area contributed by atoms with Gasteiger partial charge in [-0.25, -0.2) is 0 Å². The SMILES string of the molecule is C=CCN(C)C(=O)[C@@H]1[C@H]2C(=O)N(CCCO)C(C(=O)N(CC=C)CCCCC)C23CC(C)[C@@]1(C)O3. The highest BCUT2D eigenvalue weighted by atomic mass is 16.5. The first kappa shape index (κ1) is 27.4. The van der Waals surface area contributed by atoms with Crippen molar-refractivity contribution in [3.8, 4) is 0 Å². The number of likely N-dealkylation sites (tertiary alicyclic amines) is 1. The molecule has 8 heteroatoms. The van der Waals surface area contributed by atoms with Gasteiger partial charge in [0.2, 0.25) is 17.7 Å². The lowest BCUT2D eigenvalue weighted by Gasteiger charge is -2.38. The number of aliphatic hydroxyl groups excluding tert-OH is 1. The number of carbonyl (C=O) groups is 3. The molecule has 3 amide bonds. The summed E-state index contributed by atoms with van der Waals surface area (Å²) in [4.78, 5) is 46.7. The van der Waals surface area contributed by atoms with E-state index in [2.05, 4.69) is 20.1 Å². The molecule has 1 N–H and O–H groups in total. The number of ether oxygens (including phenoxy) is 1. The zero-order chi connectivity index (χ0) is 26.0. The van der Waals surface area contributed by atoms with E-state index in [1.54, 1.807) is 33.9 Å². The van der Waals surface area contributed by atoms with Gasteiger partial charge in [-0.05, 0) is 32.1 Å². The minimum atomic E-state index is -1.06.